The van der Waals surface area contributed by atoms with E-state index >= 15 is 0 Å². The molecule has 2 aliphatic carbocycles. The summed E-state index contributed by atoms with van der Waals surface area (Å²) in [5.41, 5.74) is 5.85. The van der Waals surface area contributed by atoms with Crippen molar-refractivity contribution in [3.8, 4) is 5.75 Å². The Morgan fingerprint density at radius 3 is 2.39 bits per heavy atom. The minimum absolute atomic E-state index is 0.447. The standard InChI is InChI=1S/C35H43BrN7O2P/c1-22-19-31(43-17-15-42(16-18-43)24-7-5-6-8-24)32(45-2)20-30(22)40-35-37-21-26(36)34(41-35)39-29-14-13-28-25(33(29)46(3,4)44)11-12-27(38-28)23-9-10-23/h11-14,19-21,23-24H,5-10,15-18H2,1-4H3,(H2,37,39,40,41). The van der Waals surface area contributed by atoms with Gasteiger partial charge in [-0.25, -0.2) is 4.98 Å². The summed E-state index contributed by atoms with van der Waals surface area (Å²) >= 11 is 3.62. The van der Waals surface area contributed by atoms with Gasteiger partial charge >= 0.3 is 0 Å². The van der Waals surface area contributed by atoms with Crippen molar-refractivity contribution in [1.82, 2.24) is 19.9 Å². The van der Waals surface area contributed by atoms with E-state index in [2.05, 4.69) is 66.5 Å². The third kappa shape index (κ3) is 6.49. The van der Waals surface area contributed by atoms with Gasteiger partial charge in [0, 0.05) is 72.5 Å². The van der Waals surface area contributed by atoms with E-state index in [1.54, 1.807) is 26.6 Å². The van der Waals surface area contributed by atoms with E-state index in [4.69, 9.17) is 14.7 Å². The highest BCUT2D eigenvalue weighted by Gasteiger charge is 2.29. The second-order valence-corrected chi connectivity index (χ2v) is 17.3. The molecule has 7 rings (SSSR count). The van der Waals surface area contributed by atoms with Crippen LogP contribution in [0.3, 0.4) is 0 Å². The number of aromatic nitrogens is 3. The largest absolute Gasteiger partial charge is 0.495 e. The highest BCUT2D eigenvalue weighted by Crippen LogP contribution is 2.44. The molecule has 46 heavy (non-hydrogen) atoms. The number of fused-ring (bicyclic) bond motifs is 1. The van der Waals surface area contributed by atoms with Crippen molar-refractivity contribution >= 4 is 68.1 Å². The van der Waals surface area contributed by atoms with Gasteiger partial charge in [0.1, 0.15) is 18.7 Å². The maximum atomic E-state index is 13.6. The number of halogens is 1. The summed E-state index contributed by atoms with van der Waals surface area (Å²) < 4.78 is 20.2. The maximum absolute atomic E-state index is 13.6. The smallest absolute Gasteiger partial charge is 0.229 e. The molecular formula is C35H43BrN7O2P. The Morgan fingerprint density at radius 2 is 1.70 bits per heavy atom. The molecule has 2 aromatic heterocycles. The number of pyridine rings is 1. The van der Waals surface area contributed by atoms with Crippen LogP contribution in [0.2, 0.25) is 0 Å². The van der Waals surface area contributed by atoms with E-state index in [1.807, 2.05) is 18.2 Å². The third-order valence-electron chi connectivity index (χ3n) is 9.66. The van der Waals surface area contributed by atoms with Crippen LogP contribution in [0.5, 0.6) is 5.75 Å². The number of nitrogens with zero attached hydrogens (tertiary/aromatic N) is 5. The number of hydrogen-bond donors (Lipinski definition) is 2. The quantitative estimate of drug-likeness (QED) is 0.170. The lowest BCUT2D eigenvalue weighted by molar-refractivity contribution is 0.187. The van der Waals surface area contributed by atoms with Crippen LogP contribution in [0.25, 0.3) is 10.9 Å². The molecule has 1 saturated heterocycles. The molecule has 1 aliphatic heterocycles. The molecule has 0 bridgehead atoms. The predicted octanol–water partition coefficient (Wildman–Crippen LogP) is 7.78. The molecule has 3 fully saturated rings. The van der Waals surface area contributed by atoms with E-state index in [0.29, 0.717) is 22.2 Å². The molecule has 2 saturated carbocycles. The normalized spacial score (nSPS) is 17.9. The van der Waals surface area contributed by atoms with E-state index in [0.717, 1.165) is 82.5 Å². The Labute approximate surface area is 280 Å². The minimum atomic E-state index is -2.68. The first-order valence-corrected chi connectivity index (χ1v) is 19.8. The first-order chi connectivity index (χ1) is 22.2. The van der Waals surface area contributed by atoms with Gasteiger partial charge in [0.05, 0.1) is 28.5 Å². The number of ether oxygens (including phenoxy) is 1. The van der Waals surface area contributed by atoms with Crippen LogP contribution < -0.4 is 25.6 Å². The van der Waals surface area contributed by atoms with Gasteiger partial charge in [0.15, 0.2) is 0 Å². The average Bonchev–Trinajstić information content (AvgIpc) is 3.75. The summed E-state index contributed by atoms with van der Waals surface area (Å²) in [5, 5.41) is 8.56. The van der Waals surface area contributed by atoms with Gasteiger partial charge in [-0.1, -0.05) is 18.9 Å². The maximum Gasteiger partial charge on any atom is 0.229 e. The number of nitrogens with one attached hydrogen (secondary N) is 2. The van der Waals surface area contributed by atoms with Gasteiger partial charge in [0.25, 0.3) is 0 Å². The fraction of sp³-hybridized carbons (Fsp3) is 0.457. The summed E-state index contributed by atoms with van der Waals surface area (Å²) in [6.07, 6.45) is 9.54. The molecule has 11 heteroatoms. The number of rotatable bonds is 9. The number of hydrogen-bond acceptors (Lipinski definition) is 9. The van der Waals surface area contributed by atoms with E-state index < -0.39 is 7.14 Å². The zero-order chi connectivity index (χ0) is 32.0. The van der Waals surface area contributed by atoms with Crippen LogP contribution >= 0.6 is 23.1 Å². The number of piperazine rings is 1. The van der Waals surface area contributed by atoms with E-state index in [-0.39, 0.29) is 0 Å². The second-order valence-electron chi connectivity index (χ2n) is 13.3. The molecule has 3 heterocycles. The van der Waals surface area contributed by atoms with Crippen LogP contribution in [0.15, 0.2) is 47.1 Å². The highest BCUT2D eigenvalue weighted by atomic mass is 79.9. The zero-order valence-corrected chi connectivity index (χ0v) is 29.6. The molecule has 3 aliphatic rings. The van der Waals surface area contributed by atoms with Gasteiger partial charge < -0.3 is 24.8 Å². The SMILES string of the molecule is COc1cc(Nc2ncc(Br)c(Nc3ccc4nc(C5CC5)ccc4c3P(C)(C)=O)n2)c(C)cc1N1CCN(C2CCCC2)CC1. The summed E-state index contributed by atoms with van der Waals surface area (Å²) in [6, 6.07) is 13.1. The second kappa shape index (κ2) is 12.8. The Kier molecular flexibility index (Phi) is 8.72. The zero-order valence-electron chi connectivity index (χ0n) is 27.1. The van der Waals surface area contributed by atoms with Crippen LogP contribution in [0.1, 0.15) is 55.7 Å². The summed E-state index contributed by atoms with van der Waals surface area (Å²) in [6.45, 7) is 9.90. The Morgan fingerprint density at radius 1 is 0.935 bits per heavy atom. The summed E-state index contributed by atoms with van der Waals surface area (Å²) in [7, 11) is -0.952. The van der Waals surface area contributed by atoms with Crippen LogP contribution in [-0.4, -0.2) is 72.5 Å². The minimum Gasteiger partial charge on any atom is -0.495 e. The predicted molar refractivity (Wildman–Crippen MR) is 193 cm³/mol. The van der Waals surface area contributed by atoms with Gasteiger partial charge in [0.2, 0.25) is 5.95 Å². The molecule has 2 aromatic carbocycles. The molecule has 0 spiro atoms. The first-order valence-electron chi connectivity index (χ1n) is 16.4. The highest BCUT2D eigenvalue weighted by molar-refractivity contribution is 9.10. The average molecular weight is 705 g/mol. The lowest BCUT2D eigenvalue weighted by Gasteiger charge is -2.39. The van der Waals surface area contributed by atoms with Crippen molar-refractivity contribution in [3.63, 3.8) is 0 Å². The molecule has 4 aromatic rings. The van der Waals surface area contributed by atoms with Crippen molar-refractivity contribution in [1.29, 1.82) is 0 Å². The lowest BCUT2D eigenvalue weighted by atomic mass is 10.1. The topological polar surface area (TPSA) is 95.5 Å². The molecule has 2 N–H and O–H groups in total. The van der Waals surface area contributed by atoms with Crippen LogP contribution in [0, 0.1) is 6.92 Å². The van der Waals surface area contributed by atoms with Crippen molar-refractivity contribution in [2.24, 2.45) is 0 Å². The van der Waals surface area contributed by atoms with Crippen LogP contribution in [0.4, 0.5) is 28.8 Å². The Balaban J connectivity index is 1.12. The Hall–Kier alpha value is -3.20. The summed E-state index contributed by atoms with van der Waals surface area (Å²) in [5.74, 6) is 2.41. The third-order valence-corrected chi connectivity index (χ3v) is 11.8. The van der Waals surface area contributed by atoms with Gasteiger partial charge in [-0.2, -0.15) is 4.98 Å². The van der Waals surface area contributed by atoms with Crippen LogP contribution in [-0.2, 0) is 4.57 Å². The van der Waals surface area contributed by atoms with E-state index in [9.17, 15) is 4.57 Å². The van der Waals surface area contributed by atoms with Gasteiger partial charge in [-0.15, -0.1) is 0 Å². The fourth-order valence-electron chi connectivity index (χ4n) is 7.07. The Bertz CT molecular complexity index is 1810. The molecule has 0 unspecified atom stereocenters. The number of anilines is 5. The summed E-state index contributed by atoms with van der Waals surface area (Å²) in [4.78, 5) is 19.4. The fourth-order valence-corrected chi connectivity index (χ4v) is 8.84. The van der Waals surface area contributed by atoms with Crippen molar-refractivity contribution in [3.05, 3.63) is 58.3 Å². The molecule has 0 radical (unpaired) electrons. The van der Waals surface area contributed by atoms with Gasteiger partial charge in [-0.05, 0) is 91.7 Å². The van der Waals surface area contributed by atoms with Crippen molar-refractivity contribution < 1.29 is 9.30 Å². The molecule has 0 atom stereocenters. The monoisotopic (exact) mass is 703 g/mol. The molecule has 0 amide bonds. The first kappa shape index (κ1) is 31.4. The van der Waals surface area contributed by atoms with Gasteiger partial charge in [-0.3, -0.25) is 9.88 Å². The van der Waals surface area contributed by atoms with Crippen molar-refractivity contribution in [2.75, 3.05) is 62.2 Å². The van der Waals surface area contributed by atoms with Crippen molar-refractivity contribution in [2.45, 2.75) is 57.4 Å². The number of benzene rings is 2. The molecule has 9 nitrogen and oxygen atoms in total. The number of methoxy groups -OCH3 is 1. The van der Waals surface area contributed by atoms with E-state index in [1.165, 1.54) is 38.5 Å². The molecule has 242 valence electrons. The lowest BCUT2D eigenvalue weighted by Crippen LogP contribution is -2.49. The number of aryl methyl sites for hydroxylation is 1. The molecular weight excluding hydrogens is 661 g/mol.